The molecule has 0 aliphatic heterocycles. The van der Waals surface area contributed by atoms with Crippen molar-refractivity contribution in [2.24, 2.45) is 0 Å². The number of anilines is 2. The van der Waals surface area contributed by atoms with E-state index in [4.69, 9.17) is 18.4 Å². The summed E-state index contributed by atoms with van der Waals surface area (Å²) in [5, 5.41) is 11.4. The van der Waals surface area contributed by atoms with Crippen LogP contribution in [-0.4, -0.2) is 18.5 Å². The van der Waals surface area contributed by atoms with Crippen LogP contribution in [0.15, 0.2) is 48.5 Å². The third-order valence-electron chi connectivity index (χ3n) is 2.76. The van der Waals surface area contributed by atoms with Crippen LogP contribution in [0.1, 0.15) is 5.56 Å². The first-order chi connectivity index (χ1) is 12.3. The lowest BCUT2D eigenvalue weighted by atomic mass is 10.1. The molecule has 0 spiro atoms. The number of diazo groups is 1. The van der Waals surface area contributed by atoms with E-state index in [1.807, 2.05) is 0 Å². The zero-order chi connectivity index (χ0) is 20.9. The van der Waals surface area contributed by atoms with E-state index in [2.05, 4.69) is 10.3 Å². The van der Waals surface area contributed by atoms with Crippen molar-refractivity contribution >= 4 is 27.2 Å². The molecule has 2 rings (SSSR count). The fourth-order valence-electron chi connectivity index (χ4n) is 1.62. The van der Waals surface area contributed by atoms with Crippen LogP contribution in [-0.2, 0) is 16.3 Å². The molecule has 0 saturated carbocycles. The maximum absolute atomic E-state index is 12.8. The Morgan fingerprint density at radius 1 is 0.926 bits per heavy atom. The van der Waals surface area contributed by atoms with Crippen LogP contribution in [0.5, 0.6) is 0 Å². The lowest BCUT2D eigenvalue weighted by Crippen LogP contribution is -2.21. The summed E-state index contributed by atoms with van der Waals surface area (Å²) in [5.41, 5.74) is -6.20. The highest BCUT2D eigenvalue weighted by Crippen LogP contribution is 2.38. The lowest BCUT2D eigenvalue weighted by molar-refractivity contribution is -0.136. The van der Waals surface area contributed by atoms with Gasteiger partial charge in [0.1, 0.15) is 0 Å². The van der Waals surface area contributed by atoms with Crippen LogP contribution in [0.25, 0.3) is 4.98 Å². The second-order valence-electron chi connectivity index (χ2n) is 4.72. The van der Waals surface area contributed by atoms with E-state index < -0.39 is 33.1 Å². The molecule has 0 bridgehead atoms. The summed E-state index contributed by atoms with van der Waals surface area (Å²) < 4.78 is 97.2. The predicted molar refractivity (Wildman–Crippen MR) is 81.7 cm³/mol. The fraction of sp³-hybridized carbons (Fsp3) is 0.143. The first-order valence-electron chi connectivity index (χ1n) is 6.66. The molecule has 0 amide bonds. The van der Waals surface area contributed by atoms with Gasteiger partial charge in [0.25, 0.3) is 0 Å². The minimum Gasteiger partial charge on any atom is -0.741 e. The van der Waals surface area contributed by atoms with Gasteiger partial charge in [-0.05, 0) is 24.3 Å². The fourth-order valence-corrected chi connectivity index (χ4v) is 1.62. The van der Waals surface area contributed by atoms with E-state index in [0.29, 0.717) is 5.69 Å². The standard InChI is InChI=1S/C13H9F3N3.CHF3O3S/c14-13(15,16)11-8-10(6-7-12(11)19-17)18-9-4-2-1-3-5-9;2-1(3,4)8(5,6)7/h1-8,18H;(H,5,6,7)/q+1;/p-1. The Balaban J connectivity index is 0.000000387. The minimum absolute atomic E-state index is 0.269. The van der Waals surface area contributed by atoms with Crippen molar-refractivity contribution in [1.29, 1.82) is 5.39 Å². The molecule has 146 valence electrons. The van der Waals surface area contributed by atoms with E-state index >= 15 is 0 Å². The monoisotopic (exact) mass is 413 g/mol. The molecule has 0 saturated heterocycles. The van der Waals surface area contributed by atoms with Crippen LogP contribution in [0.2, 0.25) is 0 Å². The highest BCUT2D eigenvalue weighted by atomic mass is 32.2. The smallest absolute Gasteiger partial charge is 0.485 e. The summed E-state index contributed by atoms with van der Waals surface area (Å²) in [4.78, 5) is 2.64. The molecule has 6 nitrogen and oxygen atoms in total. The molecule has 0 fully saturated rings. The van der Waals surface area contributed by atoms with Crippen molar-refractivity contribution in [3.05, 3.63) is 59.1 Å². The van der Waals surface area contributed by atoms with Gasteiger partial charge in [0.05, 0.1) is 0 Å². The van der Waals surface area contributed by atoms with Crippen molar-refractivity contribution in [3.63, 3.8) is 0 Å². The highest BCUT2D eigenvalue weighted by molar-refractivity contribution is 7.86. The summed E-state index contributed by atoms with van der Waals surface area (Å²) in [6.07, 6.45) is -4.57. The predicted octanol–water partition coefficient (Wildman–Crippen LogP) is 4.98. The third-order valence-corrected chi connectivity index (χ3v) is 3.32. The van der Waals surface area contributed by atoms with Crippen molar-refractivity contribution in [1.82, 2.24) is 0 Å². The second kappa shape index (κ2) is 8.23. The number of hydrogen-bond donors (Lipinski definition) is 1. The second-order valence-corrected chi connectivity index (χ2v) is 6.09. The molecule has 27 heavy (non-hydrogen) atoms. The number of nitrogens with one attached hydrogen (secondary N) is 1. The number of para-hydroxylation sites is 1. The Kier molecular flexibility index (Phi) is 6.76. The summed E-state index contributed by atoms with van der Waals surface area (Å²) in [6.45, 7) is 0. The normalized spacial score (nSPS) is 11.8. The van der Waals surface area contributed by atoms with Crippen LogP contribution in [0, 0.1) is 5.39 Å². The average Bonchev–Trinajstić information content (AvgIpc) is 2.54. The highest BCUT2D eigenvalue weighted by Gasteiger charge is 2.39. The van der Waals surface area contributed by atoms with Crippen LogP contribution >= 0.6 is 0 Å². The zero-order valence-electron chi connectivity index (χ0n) is 12.9. The van der Waals surface area contributed by atoms with Crippen LogP contribution in [0.3, 0.4) is 0 Å². The molecule has 0 radical (unpaired) electrons. The minimum atomic E-state index is -6.09. The first kappa shape index (κ1) is 22.2. The van der Waals surface area contributed by atoms with Gasteiger partial charge in [0, 0.05) is 17.4 Å². The summed E-state index contributed by atoms with van der Waals surface area (Å²) in [5.74, 6) is 0. The number of nitrogens with zero attached hydrogens (tertiary/aromatic N) is 2. The van der Waals surface area contributed by atoms with Gasteiger partial charge in [-0.1, -0.05) is 18.2 Å². The maximum Gasteiger partial charge on any atom is 0.485 e. The third kappa shape index (κ3) is 6.76. The van der Waals surface area contributed by atoms with E-state index in [-0.39, 0.29) is 5.69 Å². The Hall–Kier alpha value is -2.85. The maximum atomic E-state index is 12.8. The van der Waals surface area contributed by atoms with Gasteiger partial charge in [0.15, 0.2) is 20.7 Å². The molecule has 0 atom stereocenters. The van der Waals surface area contributed by atoms with Crippen LogP contribution in [0.4, 0.5) is 43.4 Å². The SMILES string of the molecule is N#[N+]c1ccc(Nc2ccccc2)cc1C(F)(F)F.O=S(=O)([O-])C(F)(F)F. The molecule has 0 unspecified atom stereocenters. The van der Waals surface area contributed by atoms with Crippen molar-refractivity contribution in [2.45, 2.75) is 11.7 Å². The zero-order valence-corrected chi connectivity index (χ0v) is 13.7. The van der Waals surface area contributed by atoms with Gasteiger partial charge in [-0.3, -0.25) is 0 Å². The van der Waals surface area contributed by atoms with E-state index in [9.17, 15) is 26.3 Å². The largest absolute Gasteiger partial charge is 0.741 e. The number of rotatable bonds is 2. The Labute approximate surface area is 148 Å². The number of benzene rings is 2. The Bertz CT molecular complexity index is 922. The number of alkyl halides is 6. The van der Waals surface area contributed by atoms with Gasteiger partial charge < -0.3 is 9.87 Å². The average molecular weight is 413 g/mol. The summed E-state index contributed by atoms with van der Waals surface area (Å²) >= 11 is 0. The summed E-state index contributed by atoms with van der Waals surface area (Å²) in [7, 11) is -6.09. The van der Waals surface area contributed by atoms with Gasteiger partial charge in [-0.15, -0.1) is 0 Å². The molecule has 13 heteroatoms. The Morgan fingerprint density at radius 2 is 1.44 bits per heavy atom. The molecule has 0 heterocycles. The van der Waals surface area contributed by atoms with Gasteiger partial charge in [-0.2, -0.15) is 26.3 Å². The summed E-state index contributed by atoms with van der Waals surface area (Å²) in [6, 6.07) is 12.2. The topological polar surface area (TPSA) is 97.4 Å². The number of hydrogen-bond acceptors (Lipinski definition) is 5. The molecule has 2 aromatic carbocycles. The molecular weight excluding hydrogens is 404 g/mol. The van der Waals surface area contributed by atoms with Gasteiger partial charge in [0.2, 0.25) is 5.39 Å². The van der Waals surface area contributed by atoms with E-state index in [0.717, 1.165) is 12.1 Å². The lowest BCUT2D eigenvalue weighted by Gasteiger charge is -2.08. The Morgan fingerprint density at radius 3 is 1.85 bits per heavy atom. The molecule has 0 aliphatic rings. The molecule has 1 N–H and O–H groups in total. The van der Waals surface area contributed by atoms with Crippen molar-refractivity contribution in [3.8, 4) is 0 Å². The van der Waals surface area contributed by atoms with E-state index in [1.54, 1.807) is 30.3 Å². The number of halogens is 6. The van der Waals surface area contributed by atoms with Crippen molar-refractivity contribution in [2.75, 3.05) is 5.32 Å². The van der Waals surface area contributed by atoms with Gasteiger partial charge >= 0.3 is 17.4 Å². The first-order valence-corrected chi connectivity index (χ1v) is 8.07. The molecular formula is C14H9F6N3O3S. The van der Waals surface area contributed by atoms with Crippen molar-refractivity contribution < 1.29 is 39.3 Å². The molecule has 2 aromatic rings. The quantitative estimate of drug-likeness (QED) is 0.324. The van der Waals surface area contributed by atoms with E-state index in [1.165, 1.54) is 6.07 Å². The van der Waals surface area contributed by atoms with Gasteiger partial charge in [-0.25, -0.2) is 8.42 Å². The molecule has 0 aromatic heterocycles. The molecule has 0 aliphatic carbocycles. The van der Waals surface area contributed by atoms with Crippen LogP contribution < -0.4 is 5.32 Å².